The SMILES string of the molecule is CC.CCC(C)N1CCN(CC2CCN(CCN(C)CC)CC2)CC1. The molecular formula is C21H46N4. The standard InChI is InChI=1S/C19H40N4.C2H6/c1-5-18(3)23-15-13-22(14-16-23)17-19-7-9-21(10-8-19)12-11-20(4)6-2;1-2/h18-19H,5-17H2,1-4H3;1-2H3. The average Bonchev–Trinajstić information content (AvgIpc) is 2.68. The van der Waals surface area contributed by atoms with Crippen LogP contribution in [0, 0.1) is 5.92 Å². The van der Waals surface area contributed by atoms with Gasteiger partial charge in [0, 0.05) is 51.9 Å². The maximum Gasteiger partial charge on any atom is 0.0113 e. The lowest BCUT2D eigenvalue weighted by atomic mass is 9.96. The van der Waals surface area contributed by atoms with Crippen molar-refractivity contribution in [2.75, 3.05) is 72.5 Å². The highest BCUT2D eigenvalue weighted by Gasteiger charge is 2.24. The molecule has 0 N–H and O–H groups in total. The van der Waals surface area contributed by atoms with Crippen LogP contribution in [0.2, 0.25) is 0 Å². The summed E-state index contributed by atoms with van der Waals surface area (Å²) in [5.41, 5.74) is 0. The maximum absolute atomic E-state index is 2.73. The minimum absolute atomic E-state index is 0.765. The Morgan fingerprint density at radius 3 is 2.04 bits per heavy atom. The highest BCUT2D eigenvalue weighted by molar-refractivity contribution is 4.80. The van der Waals surface area contributed by atoms with Gasteiger partial charge in [-0.2, -0.15) is 0 Å². The number of likely N-dealkylation sites (N-methyl/N-ethyl adjacent to an activating group) is 1. The summed E-state index contributed by atoms with van der Waals surface area (Å²) in [6.07, 6.45) is 4.09. The van der Waals surface area contributed by atoms with Crippen molar-refractivity contribution in [3.63, 3.8) is 0 Å². The lowest BCUT2D eigenvalue weighted by Gasteiger charge is -2.40. The van der Waals surface area contributed by atoms with Crippen LogP contribution in [-0.2, 0) is 0 Å². The summed E-state index contributed by atoms with van der Waals surface area (Å²) in [5.74, 6) is 0.935. The first-order chi connectivity index (χ1) is 12.1. The van der Waals surface area contributed by atoms with Crippen molar-refractivity contribution in [3.8, 4) is 0 Å². The quantitative estimate of drug-likeness (QED) is 0.664. The van der Waals surface area contributed by atoms with Crippen molar-refractivity contribution >= 4 is 0 Å². The molecule has 1 atom stereocenters. The second kappa shape index (κ2) is 13.1. The van der Waals surface area contributed by atoms with Gasteiger partial charge in [0.05, 0.1) is 0 Å². The highest BCUT2D eigenvalue weighted by atomic mass is 15.3. The molecular weight excluding hydrogens is 308 g/mol. The van der Waals surface area contributed by atoms with Gasteiger partial charge in [0.1, 0.15) is 0 Å². The van der Waals surface area contributed by atoms with E-state index in [4.69, 9.17) is 0 Å². The fourth-order valence-electron chi connectivity index (χ4n) is 3.87. The van der Waals surface area contributed by atoms with Crippen molar-refractivity contribution < 1.29 is 0 Å². The molecule has 0 spiro atoms. The van der Waals surface area contributed by atoms with Gasteiger partial charge in [0.2, 0.25) is 0 Å². The molecule has 0 radical (unpaired) electrons. The normalized spacial score (nSPS) is 22.7. The van der Waals surface area contributed by atoms with Gasteiger partial charge in [0.25, 0.3) is 0 Å². The van der Waals surface area contributed by atoms with Gasteiger partial charge in [-0.3, -0.25) is 4.90 Å². The zero-order valence-corrected chi connectivity index (χ0v) is 18.1. The average molecular weight is 355 g/mol. The first kappa shape index (κ1) is 22.9. The molecule has 2 heterocycles. The number of hydrogen-bond acceptors (Lipinski definition) is 4. The monoisotopic (exact) mass is 354 g/mol. The van der Waals surface area contributed by atoms with Gasteiger partial charge in [-0.05, 0) is 58.8 Å². The van der Waals surface area contributed by atoms with Crippen molar-refractivity contribution in [3.05, 3.63) is 0 Å². The third-order valence-electron chi connectivity index (χ3n) is 6.18. The van der Waals surface area contributed by atoms with E-state index in [9.17, 15) is 0 Å². The molecule has 1 unspecified atom stereocenters. The molecule has 0 aromatic carbocycles. The second-order valence-corrected chi connectivity index (χ2v) is 7.77. The zero-order valence-electron chi connectivity index (χ0n) is 18.1. The lowest BCUT2D eigenvalue weighted by Crippen LogP contribution is -2.51. The number of likely N-dealkylation sites (tertiary alicyclic amines) is 1. The van der Waals surface area contributed by atoms with Crippen LogP contribution in [0.3, 0.4) is 0 Å². The van der Waals surface area contributed by atoms with E-state index < -0.39 is 0 Å². The van der Waals surface area contributed by atoms with E-state index >= 15 is 0 Å². The Hall–Kier alpha value is -0.160. The molecule has 4 nitrogen and oxygen atoms in total. The van der Waals surface area contributed by atoms with E-state index in [1.807, 2.05) is 13.8 Å². The summed E-state index contributed by atoms with van der Waals surface area (Å²) < 4.78 is 0. The van der Waals surface area contributed by atoms with E-state index in [0.717, 1.165) is 12.0 Å². The molecule has 150 valence electrons. The molecule has 2 aliphatic heterocycles. The molecule has 0 aromatic heterocycles. The molecule has 2 rings (SSSR count). The summed E-state index contributed by atoms with van der Waals surface area (Å²) in [5, 5.41) is 0. The van der Waals surface area contributed by atoms with Crippen LogP contribution in [0.4, 0.5) is 0 Å². The van der Waals surface area contributed by atoms with Gasteiger partial charge in [0.15, 0.2) is 0 Å². The predicted octanol–water partition coefficient (Wildman–Crippen LogP) is 3.09. The molecule has 2 saturated heterocycles. The van der Waals surface area contributed by atoms with Gasteiger partial charge < -0.3 is 14.7 Å². The molecule has 25 heavy (non-hydrogen) atoms. The van der Waals surface area contributed by atoms with E-state index in [1.165, 1.54) is 84.7 Å². The molecule has 4 heteroatoms. The minimum atomic E-state index is 0.765. The Labute approximate surface area is 158 Å². The Kier molecular flexibility index (Phi) is 12.0. The zero-order chi connectivity index (χ0) is 18.7. The van der Waals surface area contributed by atoms with Crippen molar-refractivity contribution in [1.82, 2.24) is 19.6 Å². The predicted molar refractivity (Wildman–Crippen MR) is 111 cm³/mol. The van der Waals surface area contributed by atoms with Crippen LogP contribution in [-0.4, -0.2) is 98.1 Å². The van der Waals surface area contributed by atoms with Crippen LogP contribution in [0.1, 0.15) is 53.9 Å². The van der Waals surface area contributed by atoms with Crippen molar-refractivity contribution in [2.45, 2.75) is 59.9 Å². The van der Waals surface area contributed by atoms with Crippen molar-refractivity contribution in [2.24, 2.45) is 5.92 Å². The smallest absolute Gasteiger partial charge is 0.0113 e. The largest absolute Gasteiger partial charge is 0.305 e. The van der Waals surface area contributed by atoms with Crippen LogP contribution in [0.25, 0.3) is 0 Å². The van der Waals surface area contributed by atoms with E-state index in [-0.39, 0.29) is 0 Å². The lowest BCUT2D eigenvalue weighted by molar-refractivity contribution is 0.0750. The van der Waals surface area contributed by atoms with Crippen LogP contribution in [0.5, 0.6) is 0 Å². The summed E-state index contributed by atoms with van der Waals surface area (Å²) in [6, 6.07) is 0.765. The molecule has 0 aliphatic carbocycles. The Bertz CT molecular complexity index is 307. The second-order valence-electron chi connectivity index (χ2n) is 7.77. The molecule has 2 aliphatic rings. The highest BCUT2D eigenvalue weighted by Crippen LogP contribution is 2.19. The number of piperazine rings is 1. The fraction of sp³-hybridized carbons (Fsp3) is 1.00. The topological polar surface area (TPSA) is 13.0 Å². The van der Waals surface area contributed by atoms with E-state index in [0.29, 0.717) is 0 Å². The fourth-order valence-corrected chi connectivity index (χ4v) is 3.87. The molecule has 0 bridgehead atoms. The van der Waals surface area contributed by atoms with Crippen LogP contribution < -0.4 is 0 Å². The number of nitrogens with zero attached hydrogens (tertiary/aromatic N) is 4. The van der Waals surface area contributed by atoms with Crippen molar-refractivity contribution in [1.29, 1.82) is 0 Å². The maximum atomic E-state index is 2.73. The molecule has 2 fully saturated rings. The third-order valence-corrected chi connectivity index (χ3v) is 6.18. The number of piperidine rings is 1. The van der Waals surface area contributed by atoms with E-state index in [2.05, 4.69) is 47.4 Å². The molecule has 0 amide bonds. The van der Waals surface area contributed by atoms with Crippen LogP contribution in [0.15, 0.2) is 0 Å². The third kappa shape index (κ3) is 8.38. The Balaban J connectivity index is 0.00000151. The first-order valence-corrected chi connectivity index (χ1v) is 11.0. The van der Waals surface area contributed by atoms with Crippen LogP contribution >= 0.6 is 0 Å². The Morgan fingerprint density at radius 1 is 0.920 bits per heavy atom. The van der Waals surface area contributed by atoms with Gasteiger partial charge in [-0.15, -0.1) is 0 Å². The summed E-state index contributed by atoms with van der Waals surface area (Å²) in [6.45, 7) is 23.7. The number of hydrogen-bond donors (Lipinski definition) is 0. The Morgan fingerprint density at radius 2 is 1.52 bits per heavy atom. The summed E-state index contributed by atoms with van der Waals surface area (Å²) in [7, 11) is 2.23. The number of rotatable bonds is 8. The van der Waals surface area contributed by atoms with E-state index in [1.54, 1.807) is 0 Å². The summed E-state index contributed by atoms with van der Waals surface area (Å²) in [4.78, 5) is 10.5. The van der Waals surface area contributed by atoms with Gasteiger partial charge in [-0.25, -0.2) is 0 Å². The van der Waals surface area contributed by atoms with Gasteiger partial charge in [-0.1, -0.05) is 27.7 Å². The first-order valence-electron chi connectivity index (χ1n) is 11.0. The van der Waals surface area contributed by atoms with Gasteiger partial charge >= 0.3 is 0 Å². The summed E-state index contributed by atoms with van der Waals surface area (Å²) >= 11 is 0. The molecule has 0 aromatic rings. The molecule has 0 saturated carbocycles. The minimum Gasteiger partial charge on any atom is -0.305 e.